The van der Waals surface area contributed by atoms with Gasteiger partial charge >= 0.3 is 5.97 Å². The molecule has 0 atom stereocenters. The standard InChI is InChI=1S/C11H15N7O3/c12-1-2-17(4-8(20)21)7(19)3-18-6-16-9-10(13)14-5-15-11(9)18/h5-6H,1-4,12H2,(H,20,21)(H2,13,14,15)/p+1. The van der Waals surface area contributed by atoms with E-state index in [4.69, 9.17) is 10.8 Å². The number of nitrogens with zero attached hydrogens (tertiary/aromatic N) is 5. The fourth-order valence-electron chi connectivity index (χ4n) is 1.91. The number of carbonyl (C=O) groups excluding carboxylic acids is 1. The molecule has 6 N–H and O–H groups in total. The summed E-state index contributed by atoms with van der Waals surface area (Å²) in [4.78, 5) is 36.1. The summed E-state index contributed by atoms with van der Waals surface area (Å²) >= 11 is 0. The first-order chi connectivity index (χ1) is 10.0. The molecule has 0 unspecified atom stereocenters. The number of nitrogens with two attached hydrogens (primary N) is 1. The highest BCUT2D eigenvalue weighted by Gasteiger charge is 2.18. The van der Waals surface area contributed by atoms with Crippen LogP contribution in [0.4, 0.5) is 5.82 Å². The van der Waals surface area contributed by atoms with Gasteiger partial charge < -0.3 is 26.0 Å². The third kappa shape index (κ3) is 3.23. The Hall–Kier alpha value is -2.75. The molecule has 0 radical (unpaired) electrons. The Labute approximate surface area is 119 Å². The summed E-state index contributed by atoms with van der Waals surface area (Å²) in [5.41, 5.74) is 10.1. The van der Waals surface area contributed by atoms with Gasteiger partial charge in [0.1, 0.15) is 24.9 Å². The van der Waals surface area contributed by atoms with Gasteiger partial charge in [-0.3, -0.25) is 9.59 Å². The average Bonchev–Trinajstić information content (AvgIpc) is 2.82. The minimum absolute atomic E-state index is 0.0692. The molecule has 0 aromatic carbocycles. The zero-order valence-electron chi connectivity index (χ0n) is 11.3. The Bertz CT molecular complexity index is 669. The highest BCUT2D eigenvalue weighted by Crippen LogP contribution is 2.14. The lowest BCUT2D eigenvalue weighted by Gasteiger charge is -2.19. The lowest BCUT2D eigenvalue weighted by molar-refractivity contribution is -0.368. The number of amides is 1. The van der Waals surface area contributed by atoms with Gasteiger partial charge in [0.2, 0.25) is 5.91 Å². The lowest BCUT2D eigenvalue weighted by Crippen LogP contribution is -2.56. The van der Waals surface area contributed by atoms with Crippen molar-refractivity contribution < 1.29 is 20.4 Å². The van der Waals surface area contributed by atoms with Crippen molar-refractivity contribution in [2.24, 2.45) is 0 Å². The molecule has 0 saturated heterocycles. The predicted octanol–water partition coefficient (Wildman–Crippen LogP) is -2.44. The number of carboxylic acid groups (broad SMARTS) is 1. The lowest BCUT2D eigenvalue weighted by atomic mass is 10.4. The number of anilines is 1. The molecule has 2 aromatic rings. The van der Waals surface area contributed by atoms with Crippen LogP contribution in [0.3, 0.4) is 0 Å². The monoisotopic (exact) mass is 294 g/mol. The van der Waals surface area contributed by atoms with Gasteiger partial charge in [-0.1, -0.05) is 0 Å². The zero-order valence-corrected chi connectivity index (χ0v) is 11.3. The highest BCUT2D eigenvalue weighted by molar-refractivity contribution is 5.85. The van der Waals surface area contributed by atoms with Crippen molar-refractivity contribution in [3.05, 3.63) is 12.7 Å². The summed E-state index contributed by atoms with van der Waals surface area (Å²) in [7, 11) is 0. The number of fused-ring (bicyclic) bond motifs is 1. The molecule has 112 valence electrons. The number of aromatic nitrogens is 4. The largest absolute Gasteiger partial charge is 0.480 e. The summed E-state index contributed by atoms with van der Waals surface area (Å²) in [6.07, 6.45) is 2.71. The number of hydrogen-bond donors (Lipinski definition) is 3. The molecule has 10 nitrogen and oxygen atoms in total. The molecule has 10 heteroatoms. The second-order valence-electron chi connectivity index (χ2n) is 4.37. The van der Waals surface area contributed by atoms with Crippen LogP contribution in [0.5, 0.6) is 0 Å². The van der Waals surface area contributed by atoms with E-state index in [2.05, 4.69) is 20.7 Å². The Balaban J connectivity index is 2.20. The molecule has 2 rings (SSSR count). The molecule has 0 aliphatic heterocycles. The summed E-state index contributed by atoms with van der Waals surface area (Å²) in [6.45, 7) is 0.270. The maximum Gasteiger partial charge on any atom is 0.323 e. The van der Waals surface area contributed by atoms with E-state index in [1.807, 2.05) is 0 Å². The number of carbonyl (C=O) groups is 2. The molecule has 0 bridgehead atoms. The van der Waals surface area contributed by atoms with E-state index in [1.165, 1.54) is 22.1 Å². The smallest absolute Gasteiger partial charge is 0.323 e. The SMILES string of the molecule is Nc1ncnc2c1ncn2CC(=O)N(CC[NH3+])CC(=O)O. The summed E-state index contributed by atoms with van der Waals surface area (Å²) < 4.78 is 1.51. The van der Waals surface area contributed by atoms with Gasteiger partial charge in [0, 0.05) is 0 Å². The van der Waals surface area contributed by atoms with E-state index < -0.39 is 5.97 Å². The maximum atomic E-state index is 12.2. The third-order valence-electron chi connectivity index (χ3n) is 2.84. The van der Waals surface area contributed by atoms with Crippen LogP contribution < -0.4 is 11.5 Å². The normalized spacial score (nSPS) is 10.7. The van der Waals surface area contributed by atoms with Gasteiger partial charge in [0.05, 0.1) is 19.4 Å². The number of carboxylic acids is 1. The fraction of sp³-hybridized carbons (Fsp3) is 0.364. The predicted molar refractivity (Wildman–Crippen MR) is 71.7 cm³/mol. The zero-order chi connectivity index (χ0) is 15.4. The van der Waals surface area contributed by atoms with Crippen LogP contribution in [0.15, 0.2) is 12.7 Å². The molecule has 0 fully saturated rings. The van der Waals surface area contributed by atoms with Gasteiger partial charge in [0.25, 0.3) is 0 Å². The molecule has 0 saturated carbocycles. The first-order valence-corrected chi connectivity index (χ1v) is 6.23. The quantitative estimate of drug-likeness (QED) is 0.534. The van der Waals surface area contributed by atoms with Crippen LogP contribution in [0.25, 0.3) is 11.2 Å². The fourth-order valence-corrected chi connectivity index (χ4v) is 1.91. The first-order valence-electron chi connectivity index (χ1n) is 6.23. The van der Waals surface area contributed by atoms with Crippen molar-refractivity contribution in [3.63, 3.8) is 0 Å². The maximum absolute atomic E-state index is 12.2. The number of nitrogen functional groups attached to an aromatic ring is 1. The van der Waals surface area contributed by atoms with Gasteiger partial charge in [-0.2, -0.15) is 0 Å². The van der Waals surface area contributed by atoms with Crippen molar-refractivity contribution >= 4 is 28.9 Å². The second-order valence-corrected chi connectivity index (χ2v) is 4.37. The summed E-state index contributed by atoms with van der Waals surface area (Å²) in [6, 6.07) is 0. The van der Waals surface area contributed by atoms with Crippen molar-refractivity contribution in [1.82, 2.24) is 24.4 Å². The van der Waals surface area contributed by atoms with Crippen molar-refractivity contribution in [3.8, 4) is 0 Å². The van der Waals surface area contributed by atoms with E-state index in [0.29, 0.717) is 17.7 Å². The van der Waals surface area contributed by atoms with Gasteiger partial charge in [-0.05, 0) is 0 Å². The molecule has 1 amide bonds. The van der Waals surface area contributed by atoms with Crippen LogP contribution >= 0.6 is 0 Å². The number of imidazole rings is 1. The van der Waals surface area contributed by atoms with E-state index in [0.717, 1.165) is 0 Å². The van der Waals surface area contributed by atoms with Crippen LogP contribution in [-0.2, 0) is 16.1 Å². The van der Waals surface area contributed by atoms with Crippen LogP contribution in [0.2, 0.25) is 0 Å². The van der Waals surface area contributed by atoms with Crippen molar-refractivity contribution in [2.75, 3.05) is 25.4 Å². The molecule has 0 spiro atoms. The highest BCUT2D eigenvalue weighted by atomic mass is 16.4. The number of rotatable bonds is 6. The molecule has 0 aliphatic carbocycles. The van der Waals surface area contributed by atoms with E-state index >= 15 is 0 Å². The minimum Gasteiger partial charge on any atom is -0.480 e. The van der Waals surface area contributed by atoms with E-state index in [-0.39, 0.29) is 31.4 Å². The van der Waals surface area contributed by atoms with Crippen molar-refractivity contribution in [2.45, 2.75) is 6.54 Å². The number of quaternary nitrogens is 1. The summed E-state index contributed by atoms with van der Waals surface area (Å²) in [5.74, 6) is -1.19. The van der Waals surface area contributed by atoms with Gasteiger partial charge in [-0.25, -0.2) is 15.0 Å². The van der Waals surface area contributed by atoms with E-state index in [9.17, 15) is 9.59 Å². The van der Waals surface area contributed by atoms with Gasteiger partial charge in [-0.15, -0.1) is 0 Å². The second kappa shape index (κ2) is 6.13. The average molecular weight is 294 g/mol. The molecule has 2 heterocycles. The van der Waals surface area contributed by atoms with Crippen molar-refractivity contribution in [1.29, 1.82) is 0 Å². The number of hydrogen-bond acceptors (Lipinski definition) is 6. The molecular formula is C11H16N7O3+. The van der Waals surface area contributed by atoms with Gasteiger partial charge in [0.15, 0.2) is 11.5 Å². The van der Waals surface area contributed by atoms with Crippen LogP contribution in [0, 0.1) is 0 Å². The number of aliphatic carboxylic acids is 1. The summed E-state index contributed by atoms with van der Waals surface area (Å²) in [5, 5.41) is 8.82. The minimum atomic E-state index is -1.07. The molecule has 2 aromatic heterocycles. The topological polar surface area (TPSA) is 155 Å². The molecule has 0 aliphatic rings. The Morgan fingerprint density at radius 3 is 2.81 bits per heavy atom. The van der Waals surface area contributed by atoms with Crippen LogP contribution in [-0.4, -0.2) is 61.0 Å². The van der Waals surface area contributed by atoms with Crippen LogP contribution in [0.1, 0.15) is 0 Å². The molecular weight excluding hydrogens is 278 g/mol. The molecule has 21 heavy (non-hydrogen) atoms. The Morgan fingerprint density at radius 2 is 2.14 bits per heavy atom. The Kier molecular flexibility index (Phi) is 4.28. The first kappa shape index (κ1) is 14.7. The third-order valence-corrected chi connectivity index (χ3v) is 2.84. The Morgan fingerprint density at radius 1 is 1.38 bits per heavy atom. The van der Waals surface area contributed by atoms with E-state index in [1.54, 1.807) is 0 Å².